The van der Waals surface area contributed by atoms with E-state index in [0.717, 1.165) is 49.2 Å². The highest BCUT2D eigenvalue weighted by Crippen LogP contribution is 2.35. The quantitative estimate of drug-likeness (QED) is 0.591. The van der Waals surface area contributed by atoms with Crippen molar-refractivity contribution in [1.82, 2.24) is 10.2 Å². The molecule has 0 bridgehead atoms. The van der Waals surface area contributed by atoms with Crippen molar-refractivity contribution >= 4 is 12.1 Å². The van der Waals surface area contributed by atoms with Crippen molar-refractivity contribution in [3.63, 3.8) is 0 Å². The summed E-state index contributed by atoms with van der Waals surface area (Å²) >= 11 is 0. The van der Waals surface area contributed by atoms with E-state index in [0.29, 0.717) is 32.7 Å². The minimum atomic E-state index is -0.477. The largest absolute Gasteiger partial charge is 0.494 e. The maximum Gasteiger partial charge on any atom is 0.410 e. The van der Waals surface area contributed by atoms with Gasteiger partial charge in [-0.15, -0.1) is 0 Å². The number of carbonyl (C=O) groups excluding carboxylic acids is 2. The molecule has 2 aliphatic heterocycles. The molecule has 7 nitrogen and oxygen atoms in total. The molecular formula is C27H34N2O5. The smallest absolute Gasteiger partial charge is 0.410 e. The molecule has 0 spiro atoms. The molecule has 0 saturated carbocycles. The van der Waals surface area contributed by atoms with Crippen molar-refractivity contribution in [3.05, 3.63) is 65.2 Å². The Morgan fingerprint density at radius 3 is 2.59 bits per heavy atom. The third kappa shape index (κ3) is 5.89. The van der Waals surface area contributed by atoms with Crippen LogP contribution < -0.4 is 10.1 Å². The second kappa shape index (κ2) is 11.4. The molecule has 0 aliphatic carbocycles. The van der Waals surface area contributed by atoms with Crippen LogP contribution in [0, 0.1) is 5.41 Å². The first-order chi connectivity index (χ1) is 16.6. The Labute approximate surface area is 201 Å². The fraction of sp³-hybridized carbons (Fsp3) is 0.481. The monoisotopic (exact) mass is 466 g/mol. The number of hydrogen-bond acceptors (Lipinski definition) is 6. The van der Waals surface area contributed by atoms with Crippen LogP contribution in [0.2, 0.25) is 0 Å². The van der Waals surface area contributed by atoms with E-state index in [1.165, 1.54) is 5.56 Å². The Balaban J connectivity index is 1.32. The number of nitrogens with one attached hydrogen (secondary N) is 1. The number of ether oxygens (including phenoxy) is 3. The van der Waals surface area contributed by atoms with Crippen molar-refractivity contribution in [2.75, 3.05) is 32.8 Å². The molecular weight excluding hydrogens is 432 g/mol. The third-order valence-electron chi connectivity index (χ3n) is 6.77. The van der Waals surface area contributed by atoms with Crippen LogP contribution in [0.25, 0.3) is 0 Å². The van der Waals surface area contributed by atoms with Crippen LogP contribution in [-0.2, 0) is 33.8 Å². The summed E-state index contributed by atoms with van der Waals surface area (Å²) in [5.41, 5.74) is 2.79. The third-order valence-corrected chi connectivity index (χ3v) is 6.77. The second-order valence-electron chi connectivity index (χ2n) is 8.99. The topological polar surface area (TPSA) is 77.1 Å². The highest BCUT2D eigenvalue weighted by Gasteiger charge is 2.40. The first-order valence-electron chi connectivity index (χ1n) is 12.2. The molecule has 2 aliphatic rings. The van der Waals surface area contributed by atoms with Gasteiger partial charge in [-0.25, -0.2) is 4.79 Å². The van der Waals surface area contributed by atoms with Crippen molar-refractivity contribution in [3.8, 4) is 5.75 Å². The van der Waals surface area contributed by atoms with E-state index in [-0.39, 0.29) is 18.7 Å². The molecule has 1 fully saturated rings. The molecule has 0 unspecified atom stereocenters. The van der Waals surface area contributed by atoms with Gasteiger partial charge in [0.15, 0.2) is 0 Å². The highest BCUT2D eigenvalue weighted by atomic mass is 16.6. The molecule has 34 heavy (non-hydrogen) atoms. The zero-order valence-corrected chi connectivity index (χ0v) is 19.9. The normalized spacial score (nSPS) is 16.9. The lowest BCUT2D eigenvalue weighted by molar-refractivity contribution is -0.158. The summed E-state index contributed by atoms with van der Waals surface area (Å²) in [4.78, 5) is 27.0. The van der Waals surface area contributed by atoms with E-state index in [9.17, 15) is 9.59 Å². The number of amides is 1. The zero-order valence-electron chi connectivity index (χ0n) is 19.9. The van der Waals surface area contributed by atoms with Crippen LogP contribution in [-0.4, -0.2) is 49.8 Å². The number of benzene rings is 2. The molecule has 2 aromatic carbocycles. The number of esters is 1. The minimum Gasteiger partial charge on any atom is -0.494 e. The van der Waals surface area contributed by atoms with E-state index >= 15 is 0 Å². The summed E-state index contributed by atoms with van der Waals surface area (Å²) in [6, 6.07) is 15.7. The molecule has 0 aromatic heterocycles. The molecule has 4 rings (SSSR count). The predicted octanol–water partition coefficient (Wildman–Crippen LogP) is 4.08. The average Bonchev–Trinajstić information content (AvgIpc) is 2.88. The number of hydrogen-bond donors (Lipinski definition) is 1. The second-order valence-corrected chi connectivity index (χ2v) is 8.99. The predicted molar refractivity (Wildman–Crippen MR) is 128 cm³/mol. The molecule has 2 heterocycles. The number of carbonyl (C=O) groups is 2. The average molecular weight is 467 g/mol. The maximum absolute atomic E-state index is 12.6. The van der Waals surface area contributed by atoms with E-state index < -0.39 is 5.41 Å². The fourth-order valence-corrected chi connectivity index (χ4v) is 4.70. The SMILES string of the molecule is CCOC(=O)C1(CCOc2ccc3c(c2)CN(C(=O)OCc2ccccc2)CC3)CCNCC1. The summed E-state index contributed by atoms with van der Waals surface area (Å²) < 4.78 is 16.9. The maximum atomic E-state index is 12.6. The van der Waals surface area contributed by atoms with Gasteiger partial charge in [-0.1, -0.05) is 36.4 Å². The number of fused-ring (bicyclic) bond motifs is 1. The van der Waals surface area contributed by atoms with Gasteiger partial charge >= 0.3 is 12.1 Å². The van der Waals surface area contributed by atoms with Gasteiger partial charge in [0.2, 0.25) is 0 Å². The van der Waals surface area contributed by atoms with Crippen molar-refractivity contribution in [1.29, 1.82) is 0 Å². The van der Waals surface area contributed by atoms with Gasteiger partial charge in [0.25, 0.3) is 0 Å². The summed E-state index contributed by atoms with van der Waals surface area (Å²) in [7, 11) is 0. The Morgan fingerprint density at radius 1 is 1.03 bits per heavy atom. The van der Waals surface area contributed by atoms with Crippen LogP contribution in [0.4, 0.5) is 4.79 Å². The number of nitrogens with zero attached hydrogens (tertiary/aromatic N) is 1. The standard InChI is InChI=1S/C27H34N2O5/c1-2-32-25(30)27(11-14-28-15-12-27)13-17-33-24-9-8-22-10-16-29(19-23(22)18-24)26(31)34-20-21-6-4-3-5-7-21/h3-9,18,28H,2,10-17,19-20H2,1H3. The summed E-state index contributed by atoms with van der Waals surface area (Å²) in [5.74, 6) is 0.640. The molecule has 2 aromatic rings. The Hall–Kier alpha value is -3.06. The van der Waals surface area contributed by atoms with Gasteiger partial charge in [-0.05, 0) is 74.5 Å². The summed E-state index contributed by atoms with van der Waals surface area (Å²) in [6.45, 7) is 5.71. The first-order valence-corrected chi connectivity index (χ1v) is 12.2. The fourth-order valence-electron chi connectivity index (χ4n) is 4.70. The lowest BCUT2D eigenvalue weighted by Gasteiger charge is -2.35. The van der Waals surface area contributed by atoms with Crippen LogP contribution >= 0.6 is 0 Å². The van der Waals surface area contributed by atoms with Gasteiger partial charge < -0.3 is 24.4 Å². The first kappa shape index (κ1) is 24.1. The van der Waals surface area contributed by atoms with E-state index in [1.807, 2.05) is 49.4 Å². The molecule has 1 N–H and O–H groups in total. The van der Waals surface area contributed by atoms with Crippen LogP contribution in [0.1, 0.15) is 42.9 Å². The highest BCUT2D eigenvalue weighted by molar-refractivity contribution is 5.77. The summed E-state index contributed by atoms with van der Waals surface area (Å²) in [5, 5.41) is 3.32. The molecule has 7 heteroatoms. The zero-order chi connectivity index (χ0) is 23.8. The Kier molecular flexibility index (Phi) is 8.06. The van der Waals surface area contributed by atoms with Crippen LogP contribution in [0.3, 0.4) is 0 Å². The van der Waals surface area contributed by atoms with E-state index in [4.69, 9.17) is 14.2 Å². The van der Waals surface area contributed by atoms with Gasteiger partial charge in [0.1, 0.15) is 12.4 Å². The molecule has 1 amide bonds. The van der Waals surface area contributed by atoms with Crippen molar-refractivity contribution in [2.24, 2.45) is 5.41 Å². The van der Waals surface area contributed by atoms with Gasteiger partial charge in [-0.2, -0.15) is 0 Å². The molecule has 1 saturated heterocycles. The van der Waals surface area contributed by atoms with Crippen molar-refractivity contribution < 1.29 is 23.8 Å². The lowest BCUT2D eigenvalue weighted by Crippen LogP contribution is -2.44. The molecule has 182 valence electrons. The van der Waals surface area contributed by atoms with Gasteiger partial charge in [-0.3, -0.25) is 4.79 Å². The van der Waals surface area contributed by atoms with Crippen LogP contribution in [0.15, 0.2) is 48.5 Å². The van der Waals surface area contributed by atoms with E-state index in [1.54, 1.807) is 4.90 Å². The molecule has 0 radical (unpaired) electrons. The number of rotatable bonds is 8. The van der Waals surface area contributed by atoms with Crippen LogP contribution in [0.5, 0.6) is 5.75 Å². The van der Waals surface area contributed by atoms with Crippen molar-refractivity contribution in [2.45, 2.75) is 45.8 Å². The number of piperidine rings is 1. The van der Waals surface area contributed by atoms with Gasteiger partial charge in [0, 0.05) is 13.1 Å². The Morgan fingerprint density at radius 2 is 1.82 bits per heavy atom. The molecule has 0 atom stereocenters. The Bertz CT molecular complexity index is 972. The van der Waals surface area contributed by atoms with Gasteiger partial charge in [0.05, 0.1) is 18.6 Å². The van der Waals surface area contributed by atoms with E-state index in [2.05, 4.69) is 11.4 Å². The summed E-state index contributed by atoms with van der Waals surface area (Å²) in [6.07, 6.45) is 2.64. The lowest BCUT2D eigenvalue weighted by atomic mass is 9.76. The minimum absolute atomic E-state index is 0.116.